The number of methoxy groups -OCH3 is 1. The fourth-order valence-electron chi connectivity index (χ4n) is 2.27. The van der Waals surface area contributed by atoms with E-state index in [1.807, 2.05) is 0 Å². The summed E-state index contributed by atoms with van der Waals surface area (Å²) in [5.74, 6) is 0. The van der Waals surface area contributed by atoms with Crippen LogP contribution in [0.15, 0.2) is 16.6 Å². The average Bonchev–Trinajstić information content (AvgIpc) is 2.37. The zero-order chi connectivity index (χ0) is 15.2. The maximum absolute atomic E-state index is 5.06. The van der Waals surface area contributed by atoms with E-state index < -0.39 is 0 Å². The summed E-state index contributed by atoms with van der Waals surface area (Å²) < 4.78 is 6.27. The lowest BCUT2D eigenvalue weighted by atomic mass is 9.85. The van der Waals surface area contributed by atoms with Crippen LogP contribution in [0.1, 0.15) is 37.0 Å². The lowest BCUT2D eigenvalue weighted by Crippen LogP contribution is -2.32. The molecule has 1 aromatic carbocycles. The Morgan fingerprint density at radius 3 is 2.55 bits per heavy atom. The molecule has 1 aromatic rings. The molecule has 0 spiro atoms. The molecule has 0 fully saturated rings. The normalized spacial score (nSPS) is 11.9. The number of hydrogen-bond acceptors (Lipinski definition) is 2. The van der Waals surface area contributed by atoms with E-state index in [4.69, 9.17) is 4.74 Å². The lowest BCUT2D eigenvalue weighted by Gasteiger charge is -2.25. The molecular formula is C17H28BrNO. The first-order valence-corrected chi connectivity index (χ1v) is 8.10. The zero-order valence-corrected chi connectivity index (χ0v) is 15.1. The van der Waals surface area contributed by atoms with Crippen molar-refractivity contribution in [3.63, 3.8) is 0 Å². The lowest BCUT2D eigenvalue weighted by molar-refractivity contribution is 0.193. The number of ether oxygens (including phenoxy) is 1. The van der Waals surface area contributed by atoms with Gasteiger partial charge in [0, 0.05) is 24.7 Å². The highest BCUT2D eigenvalue weighted by atomic mass is 79.9. The highest BCUT2D eigenvalue weighted by molar-refractivity contribution is 9.10. The number of rotatable bonds is 8. The van der Waals surface area contributed by atoms with E-state index in [1.165, 1.54) is 27.6 Å². The first-order chi connectivity index (χ1) is 9.35. The molecule has 0 aliphatic carbocycles. The Morgan fingerprint density at radius 2 is 1.90 bits per heavy atom. The topological polar surface area (TPSA) is 21.3 Å². The molecule has 0 radical (unpaired) electrons. The van der Waals surface area contributed by atoms with Crippen LogP contribution in [0.2, 0.25) is 0 Å². The van der Waals surface area contributed by atoms with E-state index in [2.05, 4.69) is 61.1 Å². The van der Waals surface area contributed by atoms with Crippen LogP contribution in [0, 0.1) is 19.3 Å². The number of halogens is 1. The third-order valence-electron chi connectivity index (χ3n) is 3.77. The van der Waals surface area contributed by atoms with Crippen molar-refractivity contribution in [1.29, 1.82) is 0 Å². The van der Waals surface area contributed by atoms with Crippen LogP contribution in [-0.2, 0) is 11.2 Å². The van der Waals surface area contributed by atoms with Gasteiger partial charge in [0.2, 0.25) is 0 Å². The molecule has 0 aromatic heterocycles. The monoisotopic (exact) mass is 341 g/mol. The standard InChI is InChI=1S/C17H28BrNO/c1-13-11-16(18)14(2)10-15(13)6-7-17(3,4)12-19-8-9-20-5/h10-11,19H,6-9,12H2,1-5H3. The molecule has 1 N–H and O–H groups in total. The first kappa shape index (κ1) is 17.7. The molecule has 1 rings (SSSR count). The van der Waals surface area contributed by atoms with Gasteiger partial charge >= 0.3 is 0 Å². The second-order valence-corrected chi connectivity index (χ2v) is 7.22. The predicted molar refractivity (Wildman–Crippen MR) is 90.5 cm³/mol. The van der Waals surface area contributed by atoms with Gasteiger partial charge in [0.1, 0.15) is 0 Å². The highest BCUT2D eigenvalue weighted by Gasteiger charge is 2.17. The Hall–Kier alpha value is -0.380. The van der Waals surface area contributed by atoms with Gasteiger partial charge in [-0.05, 0) is 54.9 Å². The molecule has 114 valence electrons. The Labute approximate surface area is 132 Å². The number of hydrogen-bond donors (Lipinski definition) is 1. The van der Waals surface area contributed by atoms with Crippen LogP contribution in [0.25, 0.3) is 0 Å². The highest BCUT2D eigenvalue weighted by Crippen LogP contribution is 2.26. The summed E-state index contributed by atoms with van der Waals surface area (Å²) in [6.07, 6.45) is 2.33. The maximum Gasteiger partial charge on any atom is 0.0587 e. The SMILES string of the molecule is COCCNCC(C)(C)CCc1cc(C)c(Br)cc1C. The Balaban J connectivity index is 2.51. The van der Waals surface area contributed by atoms with E-state index in [9.17, 15) is 0 Å². The minimum absolute atomic E-state index is 0.307. The fraction of sp³-hybridized carbons (Fsp3) is 0.647. The molecule has 0 aliphatic rings. The summed E-state index contributed by atoms with van der Waals surface area (Å²) in [5, 5.41) is 3.47. The summed E-state index contributed by atoms with van der Waals surface area (Å²) in [7, 11) is 1.74. The van der Waals surface area contributed by atoms with Gasteiger partial charge in [-0.15, -0.1) is 0 Å². The predicted octanol–water partition coefficient (Wildman–Crippen LogP) is 4.26. The summed E-state index contributed by atoms with van der Waals surface area (Å²) >= 11 is 3.60. The van der Waals surface area contributed by atoms with Crippen molar-refractivity contribution < 1.29 is 4.74 Å². The van der Waals surface area contributed by atoms with Crippen molar-refractivity contribution in [2.45, 2.75) is 40.5 Å². The van der Waals surface area contributed by atoms with Crippen molar-refractivity contribution in [2.24, 2.45) is 5.41 Å². The molecule has 20 heavy (non-hydrogen) atoms. The Bertz CT molecular complexity index is 429. The molecule has 0 amide bonds. The minimum atomic E-state index is 0.307. The molecule has 0 unspecified atom stereocenters. The van der Waals surface area contributed by atoms with Crippen LogP contribution in [-0.4, -0.2) is 26.8 Å². The number of benzene rings is 1. The number of nitrogens with one attached hydrogen (secondary N) is 1. The van der Waals surface area contributed by atoms with Crippen molar-refractivity contribution in [3.05, 3.63) is 33.3 Å². The van der Waals surface area contributed by atoms with Crippen molar-refractivity contribution in [2.75, 3.05) is 26.8 Å². The van der Waals surface area contributed by atoms with E-state index in [-0.39, 0.29) is 0 Å². The smallest absolute Gasteiger partial charge is 0.0587 e. The summed E-state index contributed by atoms with van der Waals surface area (Å²) in [6, 6.07) is 4.54. The zero-order valence-electron chi connectivity index (χ0n) is 13.5. The van der Waals surface area contributed by atoms with Crippen LogP contribution < -0.4 is 5.32 Å². The van der Waals surface area contributed by atoms with E-state index in [0.29, 0.717) is 5.41 Å². The summed E-state index contributed by atoms with van der Waals surface area (Å²) in [4.78, 5) is 0. The molecular weight excluding hydrogens is 314 g/mol. The van der Waals surface area contributed by atoms with Gasteiger partial charge in [0.25, 0.3) is 0 Å². The minimum Gasteiger partial charge on any atom is -0.383 e. The molecule has 0 aliphatic heterocycles. The van der Waals surface area contributed by atoms with Gasteiger partial charge < -0.3 is 10.1 Å². The van der Waals surface area contributed by atoms with Crippen molar-refractivity contribution >= 4 is 15.9 Å². The molecule has 0 heterocycles. The molecule has 3 heteroatoms. The third-order valence-corrected chi connectivity index (χ3v) is 4.63. The quantitative estimate of drug-likeness (QED) is 0.713. The summed E-state index contributed by atoms with van der Waals surface area (Å²) in [5.41, 5.74) is 4.48. The van der Waals surface area contributed by atoms with Crippen LogP contribution >= 0.6 is 15.9 Å². The van der Waals surface area contributed by atoms with Crippen molar-refractivity contribution in [1.82, 2.24) is 5.32 Å². The molecule has 0 bridgehead atoms. The summed E-state index contributed by atoms with van der Waals surface area (Å²) in [6.45, 7) is 11.7. The Kier molecular flexibility index (Phi) is 7.21. The second-order valence-electron chi connectivity index (χ2n) is 6.36. The van der Waals surface area contributed by atoms with Crippen LogP contribution in [0.5, 0.6) is 0 Å². The Morgan fingerprint density at radius 1 is 1.20 bits per heavy atom. The van der Waals surface area contributed by atoms with E-state index >= 15 is 0 Å². The van der Waals surface area contributed by atoms with Gasteiger partial charge in [-0.3, -0.25) is 0 Å². The van der Waals surface area contributed by atoms with Crippen LogP contribution in [0.4, 0.5) is 0 Å². The number of aryl methyl sites for hydroxylation is 3. The van der Waals surface area contributed by atoms with Gasteiger partial charge in [0.05, 0.1) is 6.61 Å². The van der Waals surface area contributed by atoms with Gasteiger partial charge in [0.15, 0.2) is 0 Å². The van der Waals surface area contributed by atoms with Gasteiger partial charge in [-0.25, -0.2) is 0 Å². The average molecular weight is 342 g/mol. The third kappa shape index (κ3) is 5.94. The van der Waals surface area contributed by atoms with Gasteiger partial charge in [-0.2, -0.15) is 0 Å². The second kappa shape index (κ2) is 8.16. The maximum atomic E-state index is 5.06. The molecule has 0 saturated carbocycles. The van der Waals surface area contributed by atoms with E-state index in [0.717, 1.165) is 26.1 Å². The largest absolute Gasteiger partial charge is 0.383 e. The molecule has 0 atom stereocenters. The van der Waals surface area contributed by atoms with Crippen molar-refractivity contribution in [3.8, 4) is 0 Å². The first-order valence-electron chi connectivity index (χ1n) is 7.31. The molecule has 0 saturated heterocycles. The van der Waals surface area contributed by atoms with Gasteiger partial charge in [-0.1, -0.05) is 35.8 Å². The van der Waals surface area contributed by atoms with Crippen LogP contribution in [0.3, 0.4) is 0 Å². The van der Waals surface area contributed by atoms with E-state index in [1.54, 1.807) is 7.11 Å². The molecule has 2 nitrogen and oxygen atoms in total. The fourth-order valence-corrected chi connectivity index (χ4v) is 2.73.